The van der Waals surface area contributed by atoms with E-state index in [1.165, 1.54) is 12.1 Å². The Balaban J connectivity index is 1.95. The molecule has 7 nitrogen and oxygen atoms in total. The van der Waals surface area contributed by atoms with E-state index in [1.807, 2.05) is 30.3 Å². The lowest BCUT2D eigenvalue weighted by Crippen LogP contribution is -2.46. The average molecular weight is 459 g/mol. The fraction of sp³-hybridized carbons (Fsp3) is 0.350. The summed E-state index contributed by atoms with van der Waals surface area (Å²) in [5.41, 5.74) is -4.24. The summed E-state index contributed by atoms with van der Waals surface area (Å²) in [5.74, 6) is -0.582. The fourth-order valence-electron chi connectivity index (χ4n) is 3.27. The van der Waals surface area contributed by atoms with E-state index in [9.17, 15) is 26.4 Å². The Bertz CT molecular complexity index is 1030. The van der Waals surface area contributed by atoms with Gasteiger partial charge in [-0.25, -0.2) is 4.79 Å². The van der Waals surface area contributed by atoms with Crippen LogP contribution in [0.25, 0.3) is 0 Å². The zero-order valence-electron chi connectivity index (χ0n) is 16.4. The third kappa shape index (κ3) is 5.40. The Hall–Kier alpha value is -2.95. The Labute approximate surface area is 177 Å². The second kappa shape index (κ2) is 9.04. The van der Waals surface area contributed by atoms with Gasteiger partial charge in [0, 0.05) is 11.5 Å². The lowest BCUT2D eigenvalue weighted by Gasteiger charge is -2.34. The summed E-state index contributed by atoms with van der Waals surface area (Å²) >= 11 is 0. The normalized spacial score (nSPS) is 18.5. The van der Waals surface area contributed by atoms with Crippen LogP contribution in [-0.4, -0.2) is 39.3 Å². The van der Waals surface area contributed by atoms with Crippen molar-refractivity contribution in [1.29, 1.82) is 0 Å². The maximum absolute atomic E-state index is 12.7. The number of carbonyl (C=O) groups excluding carboxylic acids is 1. The zero-order chi connectivity index (χ0) is 22.6. The molecule has 2 aromatic carbocycles. The number of alkyl halides is 3. The average Bonchev–Trinajstić information content (AvgIpc) is 2.69. The smallest absolute Gasteiger partial charge is 0.491 e. The summed E-state index contributed by atoms with van der Waals surface area (Å²) < 4.78 is 75.7. The van der Waals surface area contributed by atoms with Gasteiger partial charge in [-0.15, -0.1) is 0 Å². The first-order valence-corrected chi connectivity index (χ1v) is 10.8. The first kappa shape index (κ1) is 22.7. The molecule has 1 heterocycles. The summed E-state index contributed by atoms with van der Waals surface area (Å²) in [7, 11) is -5.82. The Morgan fingerprint density at radius 1 is 1.19 bits per heavy atom. The topological polar surface area (TPSA) is 90.9 Å². The quantitative estimate of drug-likeness (QED) is 0.523. The molecule has 2 aromatic rings. The molecule has 0 unspecified atom stereocenters. The van der Waals surface area contributed by atoms with Gasteiger partial charge in [0.05, 0.1) is 12.6 Å². The summed E-state index contributed by atoms with van der Waals surface area (Å²) in [4.78, 5) is 12.0. The maximum atomic E-state index is 12.7. The molecule has 0 aromatic heterocycles. The molecule has 1 aliphatic heterocycles. The Kier molecular flexibility index (Phi) is 6.63. The molecule has 0 saturated heterocycles. The molecule has 0 radical (unpaired) electrons. The van der Waals surface area contributed by atoms with Crippen LogP contribution in [0.4, 0.5) is 18.0 Å². The second-order valence-corrected chi connectivity index (χ2v) is 8.30. The minimum Gasteiger partial charge on any atom is -0.491 e. The van der Waals surface area contributed by atoms with Crippen molar-refractivity contribution in [3.05, 3.63) is 59.7 Å². The van der Waals surface area contributed by atoms with E-state index >= 15 is 0 Å². The molecule has 168 valence electrons. The molecule has 1 amide bonds. The monoisotopic (exact) mass is 459 g/mol. The van der Waals surface area contributed by atoms with Gasteiger partial charge in [0.1, 0.15) is 18.1 Å². The van der Waals surface area contributed by atoms with Crippen LogP contribution in [0.2, 0.25) is 0 Å². The summed E-state index contributed by atoms with van der Waals surface area (Å²) in [6.45, 7) is 1.91. The number of benzene rings is 2. The number of ether oxygens (including phenoxy) is 2. The molecule has 3 rings (SSSR count). The minimum absolute atomic E-state index is 0.102. The lowest BCUT2D eigenvalue weighted by molar-refractivity contribution is -0.0500. The molecule has 1 aliphatic rings. The summed E-state index contributed by atoms with van der Waals surface area (Å²) in [5, 5.41) is 2.70. The number of amides is 1. The highest BCUT2D eigenvalue weighted by molar-refractivity contribution is 7.88. The van der Waals surface area contributed by atoms with Crippen LogP contribution >= 0.6 is 0 Å². The van der Waals surface area contributed by atoms with Crippen LogP contribution in [0.15, 0.2) is 48.5 Å². The first-order chi connectivity index (χ1) is 14.6. The van der Waals surface area contributed by atoms with Crippen molar-refractivity contribution in [2.24, 2.45) is 0 Å². The molecule has 31 heavy (non-hydrogen) atoms. The van der Waals surface area contributed by atoms with E-state index in [0.717, 1.165) is 11.6 Å². The van der Waals surface area contributed by atoms with Gasteiger partial charge in [-0.3, -0.25) is 0 Å². The van der Waals surface area contributed by atoms with Crippen LogP contribution in [0.1, 0.15) is 24.0 Å². The maximum Gasteiger partial charge on any atom is 0.534 e. The predicted octanol–water partition coefficient (Wildman–Crippen LogP) is 3.75. The van der Waals surface area contributed by atoms with Crippen LogP contribution in [0.3, 0.4) is 0 Å². The van der Waals surface area contributed by atoms with Crippen molar-refractivity contribution in [1.82, 2.24) is 5.32 Å². The highest BCUT2D eigenvalue weighted by Crippen LogP contribution is 2.39. The number of hydrogen-bond acceptors (Lipinski definition) is 6. The molecule has 0 aliphatic carbocycles. The molecule has 2 atom stereocenters. The Morgan fingerprint density at radius 2 is 1.90 bits per heavy atom. The van der Waals surface area contributed by atoms with E-state index < -0.39 is 39.4 Å². The molecule has 0 saturated carbocycles. The number of hydrogen-bond donors (Lipinski definition) is 1. The molecular weight excluding hydrogens is 439 g/mol. The zero-order valence-corrected chi connectivity index (χ0v) is 17.2. The molecule has 11 heteroatoms. The van der Waals surface area contributed by atoms with Gasteiger partial charge in [-0.1, -0.05) is 30.3 Å². The van der Waals surface area contributed by atoms with Crippen LogP contribution in [-0.2, 0) is 21.3 Å². The molecule has 0 spiro atoms. The Morgan fingerprint density at radius 3 is 2.55 bits per heavy atom. The predicted molar refractivity (Wildman–Crippen MR) is 104 cm³/mol. The van der Waals surface area contributed by atoms with Crippen LogP contribution in [0.5, 0.6) is 11.5 Å². The van der Waals surface area contributed by atoms with E-state index in [0.29, 0.717) is 17.7 Å². The molecule has 1 N–H and O–H groups in total. The van der Waals surface area contributed by atoms with Gasteiger partial charge in [0.25, 0.3) is 0 Å². The van der Waals surface area contributed by atoms with E-state index in [4.69, 9.17) is 9.47 Å². The van der Waals surface area contributed by atoms with Crippen molar-refractivity contribution in [2.45, 2.75) is 30.8 Å². The highest BCUT2D eigenvalue weighted by atomic mass is 32.2. The van der Waals surface area contributed by atoms with Gasteiger partial charge in [-0.05, 0) is 37.1 Å². The first-order valence-electron chi connectivity index (χ1n) is 9.35. The van der Waals surface area contributed by atoms with Crippen LogP contribution in [0, 0.1) is 0 Å². The summed E-state index contributed by atoms with van der Waals surface area (Å²) in [6.07, 6.45) is -0.256. The fourth-order valence-corrected chi connectivity index (χ4v) is 3.72. The van der Waals surface area contributed by atoms with Crippen LogP contribution < -0.4 is 14.2 Å². The third-order valence-corrected chi connectivity index (χ3v) is 5.63. The van der Waals surface area contributed by atoms with Gasteiger partial charge in [-0.2, -0.15) is 21.6 Å². The largest absolute Gasteiger partial charge is 0.534 e. The number of alkyl carbamates (subject to hydrolysis) is 1. The van der Waals surface area contributed by atoms with E-state index in [-0.39, 0.29) is 13.2 Å². The van der Waals surface area contributed by atoms with Crippen molar-refractivity contribution in [3.63, 3.8) is 0 Å². The number of nitrogens with one attached hydrogen (secondary N) is 1. The number of rotatable bonds is 6. The minimum atomic E-state index is -5.82. The lowest BCUT2D eigenvalue weighted by atomic mass is 9.84. The van der Waals surface area contributed by atoms with Crippen molar-refractivity contribution < 1.29 is 40.0 Å². The van der Waals surface area contributed by atoms with Gasteiger partial charge < -0.3 is 19.0 Å². The van der Waals surface area contributed by atoms with Crippen molar-refractivity contribution in [2.75, 3.05) is 13.2 Å². The standard InChI is InChI=1S/C20H20F3NO6S/c1-2-28-19(25)24-17-12-29-18-9-8-14(30-31(26,27)20(21,22)23)11-16(18)15(17)10-13-6-4-3-5-7-13/h3-9,11,15,17H,2,10,12H2,1H3,(H,24,25)/t15-,17+/m1/s1. The molecular formula is C20H20F3NO6S. The third-order valence-electron chi connectivity index (χ3n) is 4.65. The van der Waals surface area contributed by atoms with E-state index in [1.54, 1.807) is 6.92 Å². The number of fused-ring (bicyclic) bond motifs is 1. The molecule has 0 bridgehead atoms. The van der Waals surface area contributed by atoms with Crippen molar-refractivity contribution >= 4 is 16.2 Å². The van der Waals surface area contributed by atoms with Gasteiger partial charge >= 0.3 is 21.7 Å². The van der Waals surface area contributed by atoms with Gasteiger partial charge in [0.15, 0.2) is 0 Å². The summed E-state index contributed by atoms with van der Waals surface area (Å²) in [6, 6.07) is 12.3. The highest BCUT2D eigenvalue weighted by Gasteiger charge is 2.48. The van der Waals surface area contributed by atoms with E-state index in [2.05, 4.69) is 9.50 Å². The number of carbonyl (C=O) groups is 1. The molecule has 0 fully saturated rings. The second-order valence-electron chi connectivity index (χ2n) is 6.76. The number of halogens is 3. The van der Waals surface area contributed by atoms with Gasteiger partial charge in [0.2, 0.25) is 0 Å². The van der Waals surface area contributed by atoms with Crippen molar-refractivity contribution in [3.8, 4) is 11.5 Å². The SMILES string of the molecule is CCOC(=O)N[C@H]1COc2ccc(OS(=O)(=O)C(F)(F)F)cc2[C@H]1Cc1ccccc1.